The lowest BCUT2D eigenvalue weighted by Gasteiger charge is -2.15. The molecule has 0 amide bonds. The zero-order valence-corrected chi connectivity index (χ0v) is 7.73. The Bertz CT molecular complexity index is 342. The molecule has 0 aromatic heterocycles. The molecule has 1 N–H and O–H groups in total. The maximum atomic E-state index is 13.1. The third-order valence-electron chi connectivity index (χ3n) is 1.82. The van der Waals surface area contributed by atoms with Crippen molar-refractivity contribution in [3.8, 4) is 5.75 Å². The molecular weight excluding hydrogens is 216 g/mol. The van der Waals surface area contributed by atoms with Crippen LogP contribution in [0.5, 0.6) is 5.75 Å². The van der Waals surface area contributed by atoms with Crippen LogP contribution < -0.4 is 4.74 Å². The molecule has 6 heteroatoms. The van der Waals surface area contributed by atoms with Gasteiger partial charge in [0.25, 0.3) is 0 Å². The number of hydrogen-bond acceptors (Lipinski definition) is 2. The summed E-state index contributed by atoms with van der Waals surface area (Å²) >= 11 is 0. The zero-order valence-electron chi connectivity index (χ0n) is 7.73. The second-order valence-electron chi connectivity index (χ2n) is 2.83. The average Bonchev–Trinajstić information content (AvgIpc) is 2.16. The van der Waals surface area contributed by atoms with Gasteiger partial charge in [-0.15, -0.1) is 0 Å². The van der Waals surface area contributed by atoms with Crippen LogP contribution in [-0.4, -0.2) is 18.8 Å². The minimum Gasteiger partial charge on any atom is -0.497 e. The van der Waals surface area contributed by atoms with Gasteiger partial charge in [0.2, 0.25) is 0 Å². The van der Waals surface area contributed by atoms with Gasteiger partial charge in [0.15, 0.2) is 0 Å². The lowest BCUT2D eigenvalue weighted by molar-refractivity contribution is -0.0611. The van der Waals surface area contributed by atoms with Gasteiger partial charge in [0, 0.05) is 12.1 Å². The second kappa shape index (κ2) is 4.06. The van der Waals surface area contributed by atoms with Crippen molar-refractivity contribution in [3.05, 3.63) is 29.3 Å². The summed E-state index contributed by atoms with van der Waals surface area (Å²) in [5, 5.41) is 8.31. The summed E-state index contributed by atoms with van der Waals surface area (Å²) in [7, 11) is 1.15. The molecule has 0 atom stereocenters. The van der Waals surface area contributed by atoms with E-state index in [0.29, 0.717) is 12.1 Å². The van der Waals surface area contributed by atoms with Crippen LogP contribution >= 0.6 is 0 Å². The van der Waals surface area contributed by atoms with Crippen molar-refractivity contribution in [2.24, 2.45) is 0 Å². The first-order chi connectivity index (χ1) is 6.92. The molecule has 0 aliphatic carbocycles. The number of halogens is 4. The molecule has 0 spiro atoms. The van der Waals surface area contributed by atoms with Gasteiger partial charge < -0.3 is 9.84 Å². The summed E-state index contributed by atoms with van der Waals surface area (Å²) < 4.78 is 56.4. The lowest BCUT2D eigenvalue weighted by Crippen LogP contribution is -2.22. The van der Waals surface area contributed by atoms with E-state index >= 15 is 0 Å². The molecule has 0 saturated heterocycles. The van der Waals surface area contributed by atoms with E-state index in [1.165, 1.54) is 0 Å². The van der Waals surface area contributed by atoms with E-state index < -0.39 is 29.7 Å². The molecule has 0 radical (unpaired) electrons. The highest BCUT2D eigenvalue weighted by Gasteiger charge is 2.37. The molecule has 1 rings (SSSR count). The quantitative estimate of drug-likeness (QED) is 0.796. The average molecular weight is 224 g/mol. The van der Waals surface area contributed by atoms with Crippen LogP contribution in [0.25, 0.3) is 0 Å². The van der Waals surface area contributed by atoms with Crippen LogP contribution in [0, 0.1) is 11.6 Å². The molecule has 1 aromatic rings. The lowest BCUT2D eigenvalue weighted by atomic mass is 10.1. The largest absolute Gasteiger partial charge is 0.497 e. The standard InChI is InChI=1S/C9H8F4O2/c1-15-5-2-6(10)8(7(11)3-5)9(12,13)4-14/h2-3,14H,4H2,1H3. The number of aliphatic hydroxyl groups is 1. The van der Waals surface area contributed by atoms with Crippen LogP contribution in [0.2, 0.25) is 0 Å². The van der Waals surface area contributed by atoms with Crippen LogP contribution in [0.15, 0.2) is 12.1 Å². The third-order valence-corrected chi connectivity index (χ3v) is 1.82. The SMILES string of the molecule is COc1cc(F)c(C(F)(F)CO)c(F)c1. The fourth-order valence-corrected chi connectivity index (χ4v) is 1.10. The number of rotatable bonds is 3. The van der Waals surface area contributed by atoms with E-state index in [1.54, 1.807) is 0 Å². The molecule has 0 heterocycles. The van der Waals surface area contributed by atoms with Gasteiger partial charge in [0.1, 0.15) is 24.0 Å². The molecule has 0 bridgehead atoms. The third kappa shape index (κ3) is 2.20. The minimum atomic E-state index is -3.94. The highest BCUT2D eigenvalue weighted by atomic mass is 19.3. The number of methoxy groups -OCH3 is 1. The Morgan fingerprint density at radius 3 is 2.07 bits per heavy atom. The summed E-state index contributed by atoms with van der Waals surface area (Å²) in [6, 6.07) is 1.25. The predicted octanol–water partition coefficient (Wildman–Crippen LogP) is 2.06. The summed E-state index contributed by atoms with van der Waals surface area (Å²) in [6.07, 6.45) is 0. The summed E-state index contributed by atoms with van der Waals surface area (Å²) in [6.45, 7) is -1.66. The Kier molecular flexibility index (Phi) is 3.18. The fourth-order valence-electron chi connectivity index (χ4n) is 1.10. The highest BCUT2D eigenvalue weighted by Crippen LogP contribution is 2.33. The Morgan fingerprint density at radius 1 is 1.27 bits per heavy atom. The van der Waals surface area contributed by atoms with Gasteiger partial charge in [-0.05, 0) is 0 Å². The monoisotopic (exact) mass is 224 g/mol. The van der Waals surface area contributed by atoms with E-state index in [2.05, 4.69) is 4.74 Å². The predicted molar refractivity (Wildman–Crippen MR) is 43.9 cm³/mol. The molecule has 84 valence electrons. The zero-order chi connectivity index (χ0) is 11.6. The number of hydrogen-bond donors (Lipinski definition) is 1. The fraction of sp³-hybridized carbons (Fsp3) is 0.333. The Morgan fingerprint density at radius 2 is 1.73 bits per heavy atom. The van der Waals surface area contributed by atoms with E-state index in [4.69, 9.17) is 5.11 Å². The number of ether oxygens (including phenoxy) is 1. The molecule has 1 aromatic carbocycles. The highest BCUT2D eigenvalue weighted by molar-refractivity contribution is 5.33. The molecule has 0 fully saturated rings. The van der Waals surface area contributed by atoms with E-state index in [9.17, 15) is 17.6 Å². The number of benzene rings is 1. The maximum Gasteiger partial charge on any atom is 0.301 e. The van der Waals surface area contributed by atoms with Crippen LogP contribution in [0.4, 0.5) is 17.6 Å². The van der Waals surface area contributed by atoms with Crippen molar-refractivity contribution in [2.75, 3.05) is 13.7 Å². The van der Waals surface area contributed by atoms with Gasteiger partial charge in [-0.1, -0.05) is 0 Å². The smallest absolute Gasteiger partial charge is 0.301 e. The van der Waals surface area contributed by atoms with Crippen molar-refractivity contribution < 1.29 is 27.4 Å². The maximum absolute atomic E-state index is 13.1. The van der Waals surface area contributed by atoms with Crippen molar-refractivity contribution in [2.45, 2.75) is 5.92 Å². The van der Waals surface area contributed by atoms with Crippen molar-refractivity contribution in [3.63, 3.8) is 0 Å². The number of aliphatic hydroxyl groups excluding tert-OH is 1. The molecule has 0 unspecified atom stereocenters. The molecular formula is C9H8F4O2. The van der Waals surface area contributed by atoms with Crippen LogP contribution in [0.1, 0.15) is 5.56 Å². The van der Waals surface area contributed by atoms with Gasteiger partial charge in [-0.2, -0.15) is 8.78 Å². The normalized spacial score (nSPS) is 11.6. The summed E-state index contributed by atoms with van der Waals surface area (Å²) in [5.41, 5.74) is -1.45. The molecule has 15 heavy (non-hydrogen) atoms. The van der Waals surface area contributed by atoms with Crippen LogP contribution in [0.3, 0.4) is 0 Å². The summed E-state index contributed by atoms with van der Waals surface area (Å²) in [5.74, 6) is -7.06. The first-order valence-corrected chi connectivity index (χ1v) is 3.94. The van der Waals surface area contributed by atoms with Crippen LogP contribution in [-0.2, 0) is 5.92 Å². The first kappa shape index (κ1) is 11.8. The van der Waals surface area contributed by atoms with Crippen molar-refractivity contribution in [1.82, 2.24) is 0 Å². The first-order valence-electron chi connectivity index (χ1n) is 3.94. The van der Waals surface area contributed by atoms with E-state index in [1.807, 2.05) is 0 Å². The van der Waals surface area contributed by atoms with Crippen molar-refractivity contribution in [1.29, 1.82) is 0 Å². The summed E-state index contributed by atoms with van der Waals surface area (Å²) in [4.78, 5) is 0. The van der Waals surface area contributed by atoms with Crippen molar-refractivity contribution >= 4 is 0 Å². The van der Waals surface area contributed by atoms with E-state index in [0.717, 1.165) is 7.11 Å². The molecule has 0 saturated carbocycles. The Hall–Kier alpha value is -1.30. The molecule has 0 aliphatic rings. The second-order valence-corrected chi connectivity index (χ2v) is 2.83. The Balaban J connectivity index is 3.31. The van der Waals surface area contributed by atoms with Gasteiger partial charge in [-0.3, -0.25) is 0 Å². The Labute approximate surface area is 83.1 Å². The number of alkyl halides is 2. The van der Waals surface area contributed by atoms with E-state index in [-0.39, 0.29) is 5.75 Å². The molecule has 2 nitrogen and oxygen atoms in total. The van der Waals surface area contributed by atoms with Gasteiger partial charge in [-0.25, -0.2) is 8.78 Å². The minimum absolute atomic E-state index is 0.206. The topological polar surface area (TPSA) is 29.5 Å². The molecule has 0 aliphatic heterocycles. The van der Waals surface area contributed by atoms with Gasteiger partial charge >= 0.3 is 5.92 Å². The van der Waals surface area contributed by atoms with Gasteiger partial charge in [0.05, 0.1) is 12.7 Å².